The molecule has 2 rings (SSSR count). The first-order valence-corrected chi connectivity index (χ1v) is 4.38. The molecule has 1 heterocycles. The Kier molecular flexibility index (Phi) is 7.98. The van der Waals surface area contributed by atoms with Gasteiger partial charge in [0.2, 0.25) is 5.95 Å². The number of hydrogen-bond donors (Lipinski definition) is 1. The highest BCUT2D eigenvalue weighted by molar-refractivity contribution is 5.90. The average molecular weight is 298 g/mol. The highest BCUT2D eigenvalue weighted by Crippen LogP contribution is 2.22. The van der Waals surface area contributed by atoms with Gasteiger partial charge in [-0.2, -0.15) is 4.98 Å². The van der Waals surface area contributed by atoms with Gasteiger partial charge in [0.15, 0.2) is 0 Å². The van der Waals surface area contributed by atoms with Crippen LogP contribution in [-0.2, 0) is 0 Å². The molecule has 0 saturated carbocycles. The largest absolute Gasteiger partial charge is 0.368 e. The highest BCUT2D eigenvalue weighted by atomic mass is 35.5. The monoisotopic (exact) mass is 296 g/mol. The quantitative estimate of drug-likeness (QED) is 0.879. The van der Waals surface area contributed by atoms with Gasteiger partial charge in [0.25, 0.3) is 0 Å². The van der Waals surface area contributed by atoms with Crippen molar-refractivity contribution >= 4 is 59.9 Å². The van der Waals surface area contributed by atoms with Gasteiger partial charge in [-0.15, -0.1) is 37.2 Å². The molecule has 0 radical (unpaired) electrons. The molecule has 2 aromatic rings. The van der Waals surface area contributed by atoms with Crippen molar-refractivity contribution in [3.8, 4) is 0 Å². The molecule has 96 valence electrons. The van der Waals surface area contributed by atoms with Gasteiger partial charge in [-0.1, -0.05) is 12.1 Å². The number of anilines is 2. The Morgan fingerprint density at radius 1 is 1.00 bits per heavy atom. The van der Waals surface area contributed by atoms with E-state index in [1.54, 1.807) is 0 Å². The van der Waals surface area contributed by atoms with E-state index in [0.717, 1.165) is 16.7 Å². The number of nitrogen functional groups attached to an aromatic ring is 1. The minimum Gasteiger partial charge on any atom is -0.368 e. The van der Waals surface area contributed by atoms with Gasteiger partial charge in [-0.05, 0) is 12.1 Å². The first kappa shape index (κ1) is 18.4. The second kappa shape index (κ2) is 7.37. The van der Waals surface area contributed by atoms with E-state index in [2.05, 4.69) is 9.97 Å². The number of nitrogens with zero attached hydrogens (tertiary/aromatic N) is 3. The molecular weight excluding hydrogens is 282 g/mol. The molecule has 0 fully saturated rings. The predicted molar refractivity (Wildman–Crippen MR) is 80.0 cm³/mol. The van der Waals surface area contributed by atoms with Crippen molar-refractivity contribution in [1.82, 2.24) is 9.97 Å². The van der Waals surface area contributed by atoms with Crippen LogP contribution in [0.3, 0.4) is 0 Å². The maximum atomic E-state index is 5.61. The van der Waals surface area contributed by atoms with Crippen LogP contribution in [0.25, 0.3) is 10.9 Å². The standard InChI is InChI=1S/C10H12N4.3ClH/c1-14(2)9-7-5-3-4-6-8(7)12-10(11)13-9;;;/h3-6H,1-2H3,(H2,11,12,13);3*1H. The van der Waals surface area contributed by atoms with E-state index < -0.39 is 0 Å². The molecule has 2 N–H and O–H groups in total. The summed E-state index contributed by atoms with van der Waals surface area (Å²) in [5.41, 5.74) is 6.49. The van der Waals surface area contributed by atoms with Crippen molar-refractivity contribution in [2.45, 2.75) is 0 Å². The Hall–Kier alpha value is -0.970. The predicted octanol–water partition coefficient (Wildman–Crippen LogP) is 2.54. The van der Waals surface area contributed by atoms with Crippen LogP contribution in [0, 0.1) is 0 Å². The summed E-state index contributed by atoms with van der Waals surface area (Å²) < 4.78 is 0. The Bertz CT molecular complexity index is 476. The Morgan fingerprint density at radius 3 is 2.18 bits per heavy atom. The first-order valence-electron chi connectivity index (χ1n) is 4.38. The minimum absolute atomic E-state index is 0. The first-order chi connectivity index (χ1) is 6.68. The van der Waals surface area contributed by atoms with E-state index in [1.807, 2.05) is 43.3 Å². The van der Waals surface area contributed by atoms with Gasteiger partial charge in [0.05, 0.1) is 5.52 Å². The molecule has 0 aliphatic rings. The maximum Gasteiger partial charge on any atom is 0.222 e. The molecule has 0 atom stereocenters. The van der Waals surface area contributed by atoms with E-state index in [9.17, 15) is 0 Å². The molecule has 0 amide bonds. The van der Waals surface area contributed by atoms with E-state index in [0.29, 0.717) is 5.95 Å². The molecule has 0 bridgehead atoms. The third-order valence-corrected chi connectivity index (χ3v) is 2.02. The van der Waals surface area contributed by atoms with E-state index >= 15 is 0 Å². The number of fused-ring (bicyclic) bond motifs is 1. The highest BCUT2D eigenvalue weighted by Gasteiger charge is 2.06. The molecule has 0 unspecified atom stereocenters. The lowest BCUT2D eigenvalue weighted by Gasteiger charge is -2.13. The Morgan fingerprint density at radius 2 is 1.59 bits per heavy atom. The molecule has 7 heteroatoms. The summed E-state index contributed by atoms with van der Waals surface area (Å²) in [5.74, 6) is 1.17. The Balaban J connectivity index is 0. The van der Waals surface area contributed by atoms with Crippen LogP contribution in [0.4, 0.5) is 11.8 Å². The normalized spacial score (nSPS) is 8.59. The third kappa shape index (κ3) is 3.77. The molecule has 0 saturated heterocycles. The van der Waals surface area contributed by atoms with Gasteiger partial charge >= 0.3 is 0 Å². The number of halogens is 3. The summed E-state index contributed by atoms with van der Waals surface area (Å²) in [7, 11) is 3.88. The molecule has 0 aliphatic heterocycles. The molecule has 1 aromatic heterocycles. The van der Waals surface area contributed by atoms with E-state index in [4.69, 9.17) is 5.73 Å². The van der Waals surface area contributed by atoms with Gasteiger partial charge in [-0.25, -0.2) is 4.98 Å². The van der Waals surface area contributed by atoms with E-state index in [-0.39, 0.29) is 37.2 Å². The number of nitrogens with two attached hydrogens (primary N) is 1. The van der Waals surface area contributed by atoms with Crippen LogP contribution < -0.4 is 10.6 Å². The van der Waals surface area contributed by atoms with Crippen LogP contribution in [-0.4, -0.2) is 24.1 Å². The van der Waals surface area contributed by atoms with Crippen LogP contribution in [0.1, 0.15) is 0 Å². The zero-order valence-corrected chi connectivity index (χ0v) is 11.9. The topological polar surface area (TPSA) is 55.0 Å². The minimum atomic E-state index is 0. The fourth-order valence-corrected chi connectivity index (χ4v) is 1.42. The van der Waals surface area contributed by atoms with Crippen LogP contribution >= 0.6 is 37.2 Å². The number of rotatable bonds is 1. The lowest BCUT2D eigenvalue weighted by molar-refractivity contribution is 1.07. The van der Waals surface area contributed by atoms with Gasteiger partial charge in [0.1, 0.15) is 5.82 Å². The summed E-state index contributed by atoms with van der Waals surface area (Å²) >= 11 is 0. The lowest BCUT2D eigenvalue weighted by atomic mass is 10.2. The van der Waals surface area contributed by atoms with Crippen molar-refractivity contribution in [3.05, 3.63) is 24.3 Å². The van der Waals surface area contributed by atoms with Crippen molar-refractivity contribution < 1.29 is 0 Å². The summed E-state index contributed by atoms with van der Waals surface area (Å²) in [4.78, 5) is 10.3. The number of para-hydroxylation sites is 1. The summed E-state index contributed by atoms with van der Waals surface area (Å²) in [5, 5.41) is 1.02. The molecule has 0 spiro atoms. The second-order valence-corrected chi connectivity index (χ2v) is 3.32. The van der Waals surface area contributed by atoms with Crippen LogP contribution in [0.5, 0.6) is 0 Å². The summed E-state index contributed by atoms with van der Waals surface area (Å²) in [6.07, 6.45) is 0. The number of hydrogen-bond acceptors (Lipinski definition) is 4. The fourth-order valence-electron chi connectivity index (χ4n) is 1.42. The van der Waals surface area contributed by atoms with Gasteiger partial charge in [-0.3, -0.25) is 0 Å². The summed E-state index contributed by atoms with van der Waals surface area (Å²) in [6.45, 7) is 0. The van der Waals surface area contributed by atoms with Crippen LogP contribution in [0.15, 0.2) is 24.3 Å². The van der Waals surface area contributed by atoms with Crippen molar-refractivity contribution in [2.75, 3.05) is 24.7 Å². The molecule has 17 heavy (non-hydrogen) atoms. The SMILES string of the molecule is CN(C)c1nc(N)nc2ccccc12.Cl.Cl.Cl. The zero-order chi connectivity index (χ0) is 10.1. The van der Waals surface area contributed by atoms with Gasteiger partial charge < -0.3 is 10.6 Å². The van der Waals surface area contributed by atoms with E-state index in [1.165, 1.54) is 0 Å². The summed E-state index contributed by atoms with van der Waals surface area (Å²) in [6, 6.07) is 7.83. The maximum absolute atomic E-state index is 5.61. The average Bonchev–Trinajstić information content (AvgIpc) is 2.16. The van der Waals surface area contributed by atoms with Crippen molar-refractivity contribution in [2.24, 2.45) is 0 Å². The number of benzene rings is 1. The van der Waals surface area contributed by atoms with Crippen molar-refractivity contribution in [1.29, 1.82) is 0 Å². The van der Waals surface area contributed by atoms with Crippen molar-refractivity contribution in [3.63, 3.8) is 0 Å². The Labute approximate surface area is 119 Å². The third-order valence-electron chi connectivity index (χ3n) is 2.02. The lowest BCUT2D eigenvalue weighted by Crippen LogP contribution is -2.12. The molecule has 4 nitrogen and oxygen atoms in total. The van der Waals surface area contributed by atoms with Crippen LogP contribution in [0.2, 0.25) is 0 Å². The molecule has 0 aliphatic carbocycles. The second-order valence-electron chi connectivity index (χ2n) is 3.32. The smallest absolute Gasteiger partial charge is 0.222 e. The molecule has 1 aromatic carbocycles. The fraction of sp³-hybridized carbons (Fsp3) is 0.200. The molecular formula is C10H15Cl3N4. The zero-order valence-electron chi connectivity index (χ0n) is 9.45. The van der Waals surface area contributed by atoms with Gasteiger partial charge in [0, 0.05) is 19.5 Å². The number of aromatic nitrogens is 2.